The van der Waals surface area contributed by atoms with Gasteiger partial charge in [-0.1, -0.05) is 0 Å². The first kappa shape index (κ1) is 14.5. The Morgan fingerprint density at radius 1 is 1.50 bits per heavy atom. The Morgan fingerprint density at radius 2 is 2.30 bits per heavy atom. The van der Waals surface area contributed by atoms with E-state index in [2.05, 4.69) is 4.98 Å². The fraction of sp³-hybridized carbons (Fsp3) is 0.533. The molecule has 0 aromatic carbocycles. The van der Waals surface area contributed by atoms with Gasteiger partial charge < -0.3 is 10.6 Å². The molecule has 1 fully saturated rings. The van der Waals surface area contributed by atoms with E-state index in [1.807, 2.05) is 17.9 Å². The molecule has 1 atom stereocenters. The van der Waals surface area contributed by atoms with Crippen LogP contribution in [0.15, 0.2) is 18.5 Å². The number of aromatic nitrogens is 1. The van der Waals surface area contributed by atoms with Gasteiger partial charge in [0, 0.05) is 31.9 Å². The predicted molar refractivity (Wildman–Crippen MR) is 75.8 cm³/mol. The quantitative estimate of drug-likeness (QED) is 0.892. The molecule has 2 rings (SSSR count). The molecule has 1 unspecified atom stereocenters. The number of aryl methyl sites for hydroxylation is 1. The molecule has 108 valence electrons. The van der Waals surface area contributed by atoms with Crippen molar-refractivity contribution in [3.05, 3.63) is 29.6 Å². The second kappa shape index (κ2) is 6.50. The minimum atomic E-state index is -0.285. The standard InChI is InChI=1S/C15H21N3O2/c1-11-4-5-17-9-13(11)8-15(20)18-6-2-3-12(10-18)7-14(16)19/h4-5,9,12H,2-3,6-8,10H2,1H3,(H2,16,19). The van der Waals surface area contributed by atoms with Crippen molar-refractivity contribution in [1.82, 2.24) is 9.88 Å². The van der Waals surface area contributed by atoms with E-state index in [0.717, 1.165) is 30.5 Å². The van der Waals surface area contributed by atoms with E-state index in [1.54, 1.807) is 12.4 Å². The molecule has 1 aromatic rings. The summed E-state index contributed by atoms with van der Waals surface area (Å²) in [5.74, 6) is 0.0304. The van der Waals surface area contributed by atoms with E-state index in [4.69, 9.17) is 5.73 Å². The van der Waals surface area contributed by atoms with Crippen LogP contribution >= 0.6 is 0 Å². The average molecular weight is 275 g/mol. The summed E-state index contributed by atoms with van der Waals surface area (Å²) >= 11 is 0. The lowest BCUT2D eigenvalue weighted by atomic mass is 9.94. The van der Waals surface area contributed by atoms with Crippen LogP contribution in [0.1, 0.15) is 30.4 Å². The first-order valence-corrected chi connectivity index (χ1v) is 7.02. The molecule has 0 radical (unpaired) electrons. The number of nitrogens with two attached hydrogens (primary N) is 1. The summed E-state index contributed by atoms with van der Waals surface area (Å²) in [4.78, 5) is 29.2. The molecule has 2 amide bonds. The number of hydrogen-bond acceptors (Lipinski definition) is 3. The Balaban J connectivity index is 1.95. The van der Waals surface area contributed by atoms with E-state index < -0.39 is 0 Å². The van der Waals surface area contributed by atoms with Gasteiger partial charge in [-0.05, 0) is 42.9 Å². The summed E-state index contributed by atoms with van der Waals surface area (Å²) in [7, 11) is 0. The minimum absolute atomic E-state index is 0.107. The maximum Gasteiger partial charge on any atom is 0.227 e. The number of primary amides is 1. The first-order valence-electron chi connectivity index (χ1n) is 7.02. The monoisotopic (exact) mass is 275 g/mol. The van der Waals surface area contributed by atoms with Crippen molar-refractivity contribution in [2.24, 2.45) is 11.7 Å². The van der Waals surface area contributed by atoms with Crippen molar-refractivity contribution in [3.63, 3.8) is 0 Å². The lowest BCUT2D eigenvalue weighted by molar-refractivity contribution is -0.133. The van der Waals surface area contributed by atoms with Gasteiger partial charge in [-0.3, -0.25) is 14.6 Å². The van der Waals surface area contributed by atoms with Crippen molar-refractivity contribution >= 4 is 11.8 Å². The SMILES string of the molecule is Cc1ccncc1CC(=O)N1CCCC(CC(N)=O)C1. The highest BCUT2D eigenvalue weighted by Gasteiger charge is 2.24. The Bertz CT molecular complexity index is 502. The Morgan fingerprint density at radius 3 is 3.00 bits per heavy atom. The summed E-state index contributed by atoms with van der Waals surface area (Å²) in [5, 5.41) is 0. The Labute approximate surface area is 119 Å². The molecular formula is C15H21N3O2. The number of rotatable bonds is 4. The number of carbonyl (C=O) groups is 2. The zero-order valence-electron chi connectivity index (χ0n) is 11.8. The molecule has 20 heavy (non-hydrogen) atoms. The van der Waals surface area contributed by atoms with Gasteiger partial charge in [-0.2, -0.15) is 0 Å². The van der Waals surface area contributed by atoms with Crippen molar-refractivity contribution in [2.75, 3.05) is 13.1 Å². The fourth-order valence-electron chi connectivity index (χ4n) is 2.70. The van der Waals surface area contributed by atoms with Gasteiger partial charge in [0.2, 0.25) is 11.8 Å². The molecule has 2 heterocycles. The van der Waals surface area contributed by atoms with Crippen LogP contribution in [0.2, 0.25) is 0 Å². The summed E-state index contributed by atoms with van der Waals surface area (Å²) in [5.41, 5.74) is 7.29. The highest BCUT2D eigenvalue weighted by Crippen LogP contribution is 2.20. The zero-order valence-corrected chi connectivity index (χ0v) is 11.8. The van der Waals surface area contributed by atoms with Crippen LogP contribution in [-0.4, -0.2) is 34.8 Å². The van der Waals surface area contributed by atoms with E-state index in [0.29, 0.717) is 19.4 Å². The second-order valence-electron chi connectivity index (χ2n) is 5.50. The first-order chi connectivity index (χ1) is 9.56. The highest BCUT2D eigenvalue weighted by molar-refractivity contribution is 5.79. The third kappa shape index (κ3) is 3.79. The number of hydrogen-bond donors (Lipinski definition) is 1. The van der Waals surface area contributed by atoms with E-state index in [-0.39, 0.29) is 17.7 Å². The van der Waals surface area contributed by atoms with Crippen LogP contribution < -0.4 is 5.73 Å². The molecule has 5 heteroatoms. The number of piperidine rings is 1. The van der Waals surface area contributed by atoms with Crippen LogP contribution in [0.4, 0.5) is 0 Å². The zero-order chi connectivity index (χ0) is 14.5. The summed E-state index contributed by atoms with van der Waals surface area (Å²) in [6, 6.07) is 1.91. The predicted octanol–water partition coefficient (Wildman–Crippen LogP) is 1.05. The molecule has 1 saturated heterocycles. The van der Waals surface area contributed by atoms with Gasteiger partial charge >= 0.3 is 0 Å². The number of amides is 2. The maximum absolute atomic E-state index is 12.3. The van der Waals surface area contributed by atoms with E-state index in [1.165, 1.54) is 0 Å². The molecular weight excluding hydrogens is 254 g/mol. The molecule has 0 bridgehead atoms. The molecule has 1 aliphatic rings. The lowest BCUT2D eigenvalue weighted by Crippen LogP contribution is -2.41. The molecule has 0 spiro atoms. The van der Waals surface area contributed by atoms with Crippen LogP contribution in [0.25, 0.3) is 0 Å². The van der Waals surface area contributed by atoms with Gasteiger partial charge in [-0.25, -0.2) is 0 Å². The van der Waals surface area contributed by atoms with Gasteiger partial charge in [0.05, 0.1) is 6.42 Å². The van der Waals surface area contributed by atoms with Gasteiger partial charge in [0.25, 0.3) is 0 Å². The third-order valence-corrected chi connectivity index (χ3v) is 3.85. The molecule has 0 saturated carbocycles. The largest absolute Gasteiger partial charge is 0.370 e. The topological polar surface area (TPSA) is 76.3 Å². The average Bonchev–Trinajstić information content (AvgIpc) is 2.41. The molecule has 5 nitrogen and oxygen atoms in total. The molecule has 0 aliphatic carbocycles. The van der Waals surface area contributed by atoms with Crippen LogP contribution in [-0.2, 0) is 16.0 Å². The molecule has 1 aromatic heterocycles. The smallest absolute Gasteiger partial charge is 0.227 e. The van der Waals surface area contributed by atoms with Crippen LogP contribution in [0.3, 0.4) is 0 Å². The summed E-state index contributed by atoms with van der Waals surface area (Å²) in [6.07, 6.45) is 6.14. The van der Waals surface area contributed by atoms with Gasteiger partial charge in [0.1, 0.15) is 0 Å². The van der Waals surface area contributed by atoms with E-state index >= 15 is 0 Å². The van der Waals surface area contributed by atoms with Crippen molar-refractivity contribution in [1.29, 1.82) is 0 Å². The van der Waals surface area contributed by atoms with Gasteiger partial charge in [0.15, 0.2) is 0 Å². The normalized spacial score (nSPS) is 18.9. The molecule has 2 N–H and O–H groups in total. The second-order valence-corrected chi connectivity index (χ2v) is 5.50. The molecule has 1 aliphatic heterocycles. The number of pyridine rings is 1. The summed E-state index contributed by atoms with van der Waals surface area (Å²) in [6.45, 7) is 3.39. The van der Waals surface area contributed by atoms with Crippen molar-refractivity contribution in [2.45, 2.75) is 32.6 Å². The fourth-order valence-corrected chi connectivity index (χ4v) is 2.70. The number of carbonyl (C=O) groups excluding carboxylic acids is 2. The Kier molecular flexibility index (Phi) is 4.71. The maximum atomic E-state index is 12.3. The minimum Gasteiger partial charge on any atom is -0.370 e. The van der Waals surface area contributed by atoms with Crippen molar-refractivity contribution in [3.8, 4) is 0 Å². The Hall–Kier alpha value is -1.91. The number of nitrogens with zero attached hydrogens (tertiary/aromatic N) is 2. The third-order valence-electron chi connectivity index (χ3n) is 3.85. The highest BCUT2D eigenvalue weighted by atomic mass is 16.2. The van der Waals surface area contributed by atoms with Gasteiger partial charge in [-0.15, -0.1) is 0 Å². The van der Waals surface area contributed by atoms with Crippen LogP contribution in [0, 0.1) is 12.8 Å². The van der Waals surface area contributed by atoms with Crippen molar-refractivity contribution < 1.29 is 9.59 Å². The lowest BCUT2D eigenvalue weighted by Gasteiger charge is -2.32. The summed E-state index contributed by atoms with van der Waals surface area (Å²) < 4.78 is 0. The van der Waals surface area contributed by atoms with Crippen LogP contribution in [0.5, 0.6) is 0 Å². The number of likely N-dealkylation sites (tertiary alicyclic amines) is 1. The van der Waals surface area contributed by atoms with E-state index in [9.17, 15) is 9.59 Å².